The highest BCUT2D eigenvalue weighted by molar-refractivity contribution is 6.04. The number of rotatable bonds is 6. The smallest absolute Gasteiger partial charge is 0.322 e. The van der Waals surface area contributed by atoms with Crippen molar-refractivity contribution in [2.75, 3.05) is 26.0 Å². The van der Waals surface area contributed by atoms with Crippen LogP contribution in [0.5, 0.6) is 5.75 Å². The molecule has 1 saturated heterocycles. The molecule has 6 rings (SSSR count). The van der Waals surface area contributed by atoms with Gasteiger partial charge in [0.1, 0.15) is 11.5 Å². The fraction of sp³-hybridized carbons (Fsp3) is 0.296. The van der Waals surface area contributed by atoms with E-state index >= 15 is 0 Å². The molecule has 14 heteroatoms. The van der Waals surface area contributed by atoms with Crippen molar-refractivity contribution in [1.82, 2.24) is 25.7 Å². The predicted octanol–water partition coefficient (Wildman–Crippen LogP) is 2.76. The molecule has 0 radical (unpaired) electrons. The van der Waals surface area contributed by atoms with Crippen LogP contribution < -0.4 is 20.7 Å². The zero-order chi connectivity index (χ0) is 29.1. The molecule has 0 aliphatic carbocycles. The molecule has 1 atom stereocenters. The first kappa shape index (κ1) is 27.3. The summed E-state index contributed by atoms with van der Waals surface area (Å²) in [7, 11) is 3.03. The van der Waals surface area contributed by atoms with Gasteiger partial charge in [-0.15, -0.1) is 10.8 Å². The fourth-order valence-corrected chi connectivity index (χ4v) is 4.36. The van der Waals surface area contributed by atoms with Crippen molar-refractivity contribution in [2.24, 2.45) is 4.99 Å². The Labute approximate surface area is 233 Å². The third-order valence-corrected chi connectivity index (χ3v) is 6.34. The normalized spacial score (nSPS) is 17.1. The second-order valence-electron chi connectivity index (χ2n) is 9.18. The molecule has 0 saturated carbocycles. The number of fused-ring (bicyclic) bond motifs is 2. The number of anilines is 1. The van der Waals surface area contributed by atoms with Gasteiger partial charge in [-0.3, -0.25) is 19.9 Å². The van der Waals surface area contributed by atoms with E-state index in [4.69, 9.17) is 13.6 Å². The molecule has 4 amide bonds. The Bertz CT molecular complexity index is 1620. The Kier molecular flexibility index (Phi) is 7.66. The summed E-state index contributed by atoms with van der Waals surface area (Å²) in [4.78, 5) is 40.6. The third kappa shape index (κ3) is 5.72. The summed E-state index contributed by atoms with van der Waals surface area (Å²) in [5.74, 6) is 0.181. The van der Waals surface area contributed by atoms with Crippen molar-refractivity contribution in [3.05, 3.63) is 69.9 Å². The van der Waals surface area contributed by atoms with E-state index in [1.165, 1.54) is 12.0 Å². The van der Waals surface area contributed by atoms with Crippen LogP contribution in [0.4, 0.5) is 15.2 Å². The topological polar surface area (TPSA) is 164 Å². The molecular formula is C27H26FN7O6. The van der Waals surface area contributed by atoms with Crippen LogP contribution >= 0.6 is 0 Å². The molecule has 3 N–H and O–H groups in total. The molecule has 0 bridgehead atoms. The number of furan rings is 1. The number of allylic oxidation sites excluding steroid dienone is 1. The van der Waals surface area contributed by atoms with Gasteiger partial charge in [0.05, 0.1) is 31.4 Å². The molecule has 3 aliphatic heterocycles. The average molecular weight is 564 g/mol. The van der Waals surface area contributed by atoms with Crippen molar-refractivity contribution in [2.45, 2.75) is 32.5 Å². The lowest BCUT2D eigenvalue weighted by molar-refractivity contribution is -0.120. The minimum atomic E-state index is -0.838. The Morgan fingerprint density at radius 3 is 2.76 bits per heavy atom. The van der Waals surface area contributed by atoms with Crippen molar-refractivity contribution in [3.63, 3.8) is 0 Å². The van der Waals surface area contributed by atoms with Gasteiger partial charge in [0, 0.05) is 37.9 Å². The molecule has 1 unspecified atom stereocenters. The maximum Gasteiger partial charge on any atom is 0.322 e. The highest BCUT2D eigenvalue weighted by Crippen LogP contribution is 2.30. The number of halogens is 1. The summed E-state index contributed by atoms with van der Waals surface area (Å²) >= 11 is 0. The van der Waals surface area contributed by atoms with Gasteiger partial charge in [-0.25, -0.2) is 9.18 Å². The average Bonchev–Trinajstić information content (AvgIpc) is 3.69. The summed E-state index contributed by atoms with van der Waals surface area (Å²) in [5, 5.41) is 15.5. The molecule has 3 aromatic rings. The van der Waals surface area contributed by atoms with Crippen LogP contribution in [0.25, 0.3) is 6.08 Å². The van der Waals surface area contributed by atoms with Crippen LogP contribution in [0, 0.1) is 5.82 Å². The Morgan fingerprint density at radius 2 is 2.02 bits per heavy atom. The van der Waals surface area contributed by atoms with Gasteiger partial charge in [-0.1, -0.05) is 11.2 Å². The number of nitrogens with zero attached hydrogens (tertiary/aromatic N) is 4. The predicted molar refractivity (Wildman–Crippen MR) is 143 cm³/mol. The molecule has 3 aliphatic rings. The summed E-state index contributed by atoms with van der Waals surface area (Å²) in [6, 6.07) is 3.97. The molecule has 41 heavy (non-hydrogen) atoms. The molecule has 2 aromatic heterocycles. The Hall–Kier alpha value is -5.23. The standard InChI is InChI=1S/C17H16N6O4.C10H10FNO2/c1-2-18-17-23-22-13(27-17)7-10-4-3-5-11-9(8-19-10)6-12(26-11)14-15(24)21-16(25)20-14;1-12-5-6-3-4-7(14-2)9(11)8(6)10(12)13/h4-6,14H,2,7-8H2,1H3,(H,18,23)(H2,20,21,24,25);3-4H,5H2,1-2H3. The van der Waals surface area contributed by atoms with Crippen LogP contribution in [-0.4, -0.2) is 59.4 Å². The summed E-state index contributed by atoms with van der Waals surface area (Å²) < 4.78 is 29.6. The third-order valence-electron chi connectivity index (χ3n) is 6.34. The maximum atomic E-state index is 13.6. The molecule has 0 spiro atoms. The first-order chi connectivity index (χ1) is 19.8. The van der Waals surface area contributed by atoms with Gasteiger partial charge in [-0.05, 0) is 24.6 Å². The van der Waals surface area contributed by atoms with E-state index in [-0.39, 0.29) is 17.2 Å². The Balaban J connectivity index is 0.000000202. The number of methoxy groups -OCH3 is 1. The number of urea groups is 1. The number of imide groups is 1. The number of nitrogens with one attached hydrogen (secondary N) is 3. The maximum absolute atomic E-state index is 13.6. The van der Waals surface area contributed by atoms with Crippen molar-refractivity contribution >= 4 is 35.6 Å². The fourth-order valence-electron chi connectivity index (χ4n) is 4.36. The van der Waals surface area contributed by atoms with E-state index in [1.54, 1.807) is 37.4 Å². The van der Waals surface area contributed by atoms with Crippen LogP contribution in [0.2, 0.25) is 0 Å². The number of benzene rings is 1. The zero-order valence-corrected chi connectivity index (χ0v) is 22.4. The van der Waals surface area contributed by atoms with Crippen molar-refractivity contribution < 1.29 is 32.3 Å². The van der Waals surface area contributed by atoms with Crippen LogP contribution in [-0.2, 0) is 24.3 Å². The molecule has 212 valence electrons. The lowest BCUT2D eigenvalue weighted by Gasteiger charge is -2.05. The molecule has 1 fully saturated rings. The van der Waals surface area contributed by atoms with E-state index < -0.39 is 23.8 Å². The van der Waals surface area contributed by atoms with E-state index in [1.807, 2.05) is 6.92 Å². The lowest BCUT2D eigenvalue weighted by Crippen LogP contribution is -2.22. The Morgan fingerprint density at radius 1 is 1.20 bits per heavy atom. The van der Waals surface area contributed by atoms with E-state index in [0.717, 1.165) is 16.8 Å². The van der Waals surface area contributed by atoms with Gasteiger partial charge >= 0.3 is 12.0 Å². The van der Waals surface area contributed by atoms with Gasteiger partial charge in [0.25, 0.3) is 11.8 Å². The van der Waals surface area contributed by atoms with Gasteiger partial charge in [0.2, 0.25) is 5.89 Å². The van der Waals surface area contributed by atoms with E-state index in [0.29, 0.717) is 49.5 Å². The first-order valence-electron chi connectivity index (χ1n) is 12.6. The largest absolute Gasteiger partial charge is 0.494 e. The monoisotopic (exact) mass is 563 g/mol. The second-order valence-corrected chi connectivity index (χ2v) is 9.18. The van der Waals surface area contributed by atoms with Gasteiger partial charge in [-0.2, -0.15) is 0 Å². The second kappa shape index (κ2) is 11.5. The summed E-state index contributed by atoms with van der Waals surface area (Å²) in [5.41, 5.74) is 5.37. The van der Waals surface area contributed by atoms with E-state index in [9.17, 15) is 18.8 Å². The number of aliphatic imine (C=N–C) groups is 1. The van der Waals surface area contributed by atoms with Crippen LogP contribution in [0.15, 0.2) is 43.8 Å². The zero-order valence-electron chi connectivity index (χ0n) is 22.4. The lowest BCUT2D eigenvalue weighted by atomic mass is 10.1. The number of amides is 4. The number of carbonyl (C=O) groups is 3. The van der Waals surface area contributed by atoms with Crippen molar-refractivity contribution in [3.8, 4) is 5.75 Å². The molecule has 1 aromatic carbocycles. The van der Waals surface area contributed by atoms with Crippen molar-refractivity contribution in [1.29, 1.82) is 0 Å². The highest BCUT2D eigenvalue weighted by atomic mass is 19.1. The number of hydrogen-bond donors (Lipinski definition) is 3. The molecular weight excluding hydrogens is 537 g/mol. The quantitative estimate of drug-likeness (QED) is 0.302. The van der Waals surface area contributed by atoms with Gasteiger partial charge < -0.3 is 29.1 Å². The summed E-state index contributed by atoms with van der Waals surface area (Å²) in [6.07, 6.45) is 3.76. The number of carbonyl (C=O) groups excluding carboxylic acids is 3. The first-order valence-corrected chi connectivity index (χ1v) is 12.6. The van der Waals surface area contributed by atoms with E-state index in [2.05, 4.69) is 36.9 Å². The molecule has 13 nitrogen and oxygen atoms in total. The SMILES string of the molecule is CCNc1nnc(CC2=NCc3cc(C4NC(=O)NC4=O)oc3C=C=C2)o1.COc1ccc2c(c1F)C(=O)N(C)C2. The minimum absolute atomic E-state index is 0.118. The molecule has 5 heterocycles. The van der Waals surface area contributed by atoms with Crippen LogP contribution in [0.3, 0.4) is 0 Å². The minimum Gasteiger partial charge on any atom is -0.494 e. The highest BCUT2D eigenvalue weighted by Gasteiger charge is 2.34. The number of hydrogen-bond acceptors (Lipinski definition) is 10. The number of ether oxygens (including phenoxy) is 1. The summed E-state index contributed by atoms with van der Waals surface area (Å²) in [6.45, 7) is 3.44. The number of aromatic nitrogens is 2. The van der Waals surface area contributed by atoms with Gasteiger partial charge in [0.15, 0.2) is 17.6 Å². The van der Waals surface area contributed by atoms with Crippen LogP contribution in [0.1, 0.15) is 51.9 Å².